The fourth-order valence-electron chi connectivity index (χ4n) is 3.48. The zero-order chi connectivity index (χ0) is 24.0. The number of carbonyl (C=O) groups is 1. The third-order valence-electron chi connectivity index (χ3n) is 5.05. The molecule has 0 fully saturated rings. The Morgan fingerprint density at radius 1 is 1.06 bits per heavy atom. The number of ketones is 1. The second-order valence-electron chi connectivity index (χ2n) is 7.60. The third kappa shape index (κ3) is 7.14. The van der Waals surface area contributed by atoms with Crippen molar-refractivity contribution in [3.63, 3.8) is 0 Å². The molecule has 1 unspecified atom stereocenters. The smallest absolute Gasteiger partial charge is 0.294 e. The molecule has 0 spiro atoms. The van der Waals surface area contributed by atoms with Crippen molar-refractivity contribution in [3.8, 4) is 0 Å². The highest BCUT2D eigenvalue weighted by atomic mass is 35.5. The van der Waals surface area contributed by atoms with Crippen LogP contribution in [0.5, 0.6) is 0 Å². The Bertz CT molecular complexity index is 1130. The lowest BCUT2D eigenvalue weighted by Crippen LogP contribution is -2.18. The second-order valence-corrected chi connectivity index (χ2v) is 8.47. The lowest BCUT2D eigenvalue weighted by Gasteiger charge is -2.18. The summed E-state index contributed by atoms with van der Waals surface area (Å²) in [4.78, 5) is 20.9. The number of nitrogens with zero attached hydrogens (tertiary/aromatic N) is 2. The van der Waals surface area contributed by atoms with E-state index >= 15 is 0 Å². The number of benzene rings is 2. The summed E-state index contributed by atoms with van der Waals surface area (Å²) in [6, 6.07) is 10.6. The van der Waals surface area contributed by atoms with Gasteiger partial charge >= 0.3 is 6.18 Å². The summed E-state index contributed by atoms with van der Waals surface area (Å²) < 4.78 is 41.0. The second kappa shape index (κ2) is 10.9. The van der Waals surface area contributed by atoms with E-state index < -0.39 is 12.1 Å². The predicted molar refractivity (Wildman–Crippen MR) is 125 cm³/mol. The Labute approximate surface area is 200 Å². The van der Waals surface area contributed by atoms with Crippen molar-refractivity contribution in [2.24, 2.45) is 0 Å². The Balaban J connectivity index is 1.71. The van der Waals surface area contributed by atoms with E-state index in [1.807, 2.05) is 0 Å². The van der Waals surface area contributed by atoms with Crippen molar-refractivity contribution in [1.82, 2.24) is 9.97 Å². The van der Waals surface area contributed by atoms with E-state index in [1.165, 1.54) is 24.3 Å². The van der Waals surface area contributed by atoms with Crippen LogP contribution in [-0.4, -0.2) is 21.9 Å². The van der Waals surface area contributed by atoms with Crippen LogP contribution in [0.4, 0.5) is 13.2 Å². The van der Waals surface area contributed by atoms with Gasteiger partial charge in [-0.1, -0.05) is 53.6 Å². The minimum atomic E-state index is -4.52. The van der Waals surface area contributed by atoms with Gasteiger partial charge in [-0.15, -0.1) is 0 Å². The quantitative estimate of drug-likeness (QED) is 0.303. The normalized spacial score (nSPS) is 12.8. The molecule has 1 aromatic heterocycles. The van der Waals surface area contributed by atoms with Gasteiger partial charge in [-0.2, -0.15) is 13.2 Å². The van der Waals surface area contributed by atoms with Crippen molar-refractivity contribution in [1.29, 1.82) is 0 Å². The van der Waals surface area contributed by atoms with E-state index in [0.717, 1.165) is 6.08 Å². The molecule has 172 valence electrons. The highest BCUT2D eigenvalue weighted by Crippen LogP contribution is 2.38. The van der Waals surface area contributed by atoms with E-state index in [4.69, 9.17) is 23.2 Å². The van der Waals surface area contributed by atoms with Gasteiger partial charge in [0.1, 0.15) is 5.82 Å². The molecule has 1 atom stereocenters. The van der Waals surface area contributed by atoms with Crippen LogP contribution >= 0.6 is 23.2 Å². The maximum Gasteiger partial charge on any atom is 0.399 e. The van der Waals surface area contributed by atoms with Crippen LogP contribution in [0.15, 0.2) is 60.9 Å². The summed E-state index contributed by atoms with van der Waals surface area (Å²) in [5, 5.41) is 0.273. The first-order valence-electron chi connectivity index (χ1n) is 10.2. The number of Topliss-reactive ketones (excluding diaryl/α,β-unsaturated/α-hetero) is 1. The Morgan fingerprint density at radius 2 is 1.73 bits per heavy atom. The standard InChI is InChI=1S/C25H21Cl2F3N2O/c1-16-12-17(6-8-21(16)23(33)4-2-5-24-31-10-3-11-32-24)7-9-22(25(28,29)30)18-13-19(26)15-20(27)14-18/h3,6-15,22H,2,4-5H2,1H3/b9-7+. The lowest BCUT2D eigenvalue weighted by molar-refractivity contribution is -0.139. The average Bonchev–Trinajstić information content (AvgIpc) is 2.73. The van der Waals surface area contributed by atoms with Crippen LogP contribution in [0.1, 0.15) is 51.6 Å². The molecule has 3 rings (SSSR count). The van der Waals surface area contributed by atoms with Gasteiger partial charge in [0.25, 0.3) is 0 Å². The Morgan fingerprint density at radius 3 is 2.33 bits per heavy atom. The number of halogens is 5. The molecule has 8 heteroatoms. The molecule has 0 amide bonds. The molecule has 3 nitrogen and oxygen atoms in total. The van der Waals surface area contributed by atoms with Crippen molar-refractivity contribution < 1.29 is 18.0 Å². The first kappa shape index (κ1) is 24.9. The number of alkyl halides is 3. The number of allylic oxidation sites excluding steroid dienone is 1. The largest absolute Gasteiger partial charge is 0.399 e. The monoisotopic (exact) mass is 492 g/mol. The van der Waals surface area contributed by atoms with Gasteiger partial charge in [-0.25, -0.2) is 9.97 Å². The van der Waals surface area contributed by atoms with Gasteiger partial charge < -0.3 is 0 Å². The first-order valence-corrected chi connectivity index (χ1v) is 11.0. The molecule has 1 heterocycles. The number of aromatic nitrogens is 2. The molecule has 0 bridgehead atoms. The molecule has 0 radical (unpaired) electrons. The number of carbonyl (C=O) groups excluding carboxylic acids is 1. The van der Waals surface area contributed by atoms with E-state index in [2.05, 4.69) is 9.97 Å². The van der Waals surface area contributed by atoms with Gasteiger partial charge in [-0.3, -0.25) is 4.79 Å². The van der Waals surface area contributed by atoms with Crippen LogP contribution in [0.25, 0.3) is 6.08 Å². The Kier molecular flexibility index (Phi) is 8.27. The van der Waals surface area contributed by atoms with Gasteiger partial charge in [0.05, 0.1) is 5.92 Å². The van der Waals surface area contributed by atoms with Gasteiger partial charge in [0.2, 0.25) is 0 Å². The molecular weight excluding hydrogens is 472 g/mol. The summed E-state index contributed by atoms with van der Waals surface area (Å²) in [5.41, 5.74) is 1.77. The van der Waals surface area contributed by atoms with Crippen molar-refractivity contribution in [2.75, 3.05) is 0 Å². The van der Waals surface area contributed by atoms with Crippen LogP contribution in [-0.2, 0) is 6.42 Å². The molecule has 33 heavy (non-hydrogen) atoms. The van der Waals surface area contributed by atoms with Gasteiger partial charge in [0.15, 0.2) is 5.78 Å². The lowest BCUT2D eigenvalue weighted by atomic mass is 9.95. The van der Waals surface area contributed by atoms with Crippen LogP contribution in [0.2, 0.25) is 10.0 Å². The van der Waals surface area contributed by atoms with Crippen molar-refractivity contribution in [2.45, 2.75) is 38.3 Å². The highest BCUT2D eigenvalue weighted by Gasteiger charge is 2.39. The van der Waals surface area contributed by atoms with Crippen molar-refractivity contribution in [3.05, 3.63) is 99.1 Å². The van der Waals surface area contributed by atoms with E-state index in [1.54, 1.807) is 43.6 Å². The molecule has 0 saturated carbocycles. The topological polar surface area (TPSA) is 42.9 Å². The summed E-state index contributed by atoms with van der Waals surface area (Å²) >= 11 is 11.8. The predicted octanol–water partition coefficient (Wildman–Crippen LogP) is 7.66. The first-order chi connectivity index (χ1) is 15.6. The van der Waals surface area contributed by atoms with Gasteiger partial charge in [0, 0.05) is 40.8 Å². The van der Waals surface area contributed by atoms with Crippen LogP contribution in [0.3, 0.4) is 0 Å². The minimum absolute atomic E-state index is 0.0271. The zero-order valence-corrected chi connectivity index (χ0v) is 19.3. The van der Waals surface area contributed by atoms with E-state index in [9.17, 15) is 18.0 Å². The number of rotatable bonds is 8. The molecule has 0 aliphatic rings. The van der Waals surface area contributed by atoms with E-state index in [-0.39, 0.29) is 21.4 Å². The highest BCUT2D eigenvalue weighted by molar-refractivity contribution is 6.34. The Hall–Kier alpha value is -2.70. The van der Waals surface area contributed by atoms with Crippen molar-refractivity contribution >= 4 is 35.1 Å². The molecule has 0 aliphatic carbocycles. The molecular formula is C25H21Cl2F3N2O. The third-order valence-corrected chi connectivity index (χ3v) is 5.49. The molecule has 0 N–H and O–H groups in total. The fraction of sp³-hybridized carbons (Fsp3) is 0.240. The molecule has 0 saturated heterocycles. The van der Waals surface area contributed by atoms with Crippen LogP contribution in [0, 0.1) is 6.92 Å². The maximum atomic E-state index is 13.7. The summed E-state index contributed by atoms with van der Waals surface area (Å²) in [5.74, 6) is -1.21. The number of hydrogen-bond acceptors (Lipinski definition) is 3. The maximum absolute atomic E-state index is 13.7. The van der Waals surface area contributed by atoms with Crippen LogP contribution < -0.4 is 0 Å². The molecule has 2 aromatic carbocycles. The number of aryl methyl sites for hydroxylation is 2. The molecule has 3 aromatic rings. The SMILES string of the molecule is Cc1cc(/C=C/C(c2cc(Cl)cc(Cl)c2)C(F)(F)F)ccc1C(=O)CCCc1ncccn1. The average molecular weight is 493 g/mol. The van der Waals surface area contributed by atoms with E-state index in [0.29, 0.717) is 41.8 Å². The fourth-order valence-corrected chi connectivity index (χ4v) is 4.02. The summed E-state index contributed by atoms with van der Waals surface area (Å²) in [7, 11) is 0. The summed E-state index contributed by atoms with van der Waals surface area (Å²) in [6.07, 6.45) is 2.80. The van der Waals surface area contributed by atoms with Gasteiger partial charge in [-0.05, 0) is 54.3 Å². The summed E-state index contributed by atoms with van der Waals surface area (Å²) in [6.45, 7) is 1.77. The number of hydrogen-bond donors (Lipinski definition) is 0. The molecule has 0 aliphatic heterocycles. The zero-order valence-electron chi connectivity index (χ0n) is 17.7. The minimum Gasteiger partial charge on any atom is -0.294 e.